The number of hydrogen-bond donors (Lipinski definition) is 2. The minimum Gasteiger partial charge on any atom is -0.461 e. The first-order valence-corrected chi connectivity index (χ1v) is 10.3. The molecule has 1 fully saturated rings. The zero-order chi connectivity index (χ0) is 20.3. The first kappa shape index (κ1) is 20.6. The average Bonchev–Trinajstić information content (AvgIpc) is 2.63. The van der Waals surface area contributed by atoms with E-state index in [9.17, 15) is 26.7 Å². The monoisotopic (exact) mass is 415 g/mol. The molecule has 2 aromatic rings. The standard InChI is InChI=1S/C19H20F3NO4S/c20-11-27-18-9-12(16-7-2-13(21)10-17(16)22)1-8-19(18)28(25,26)23-14-3-5-15(24)6-4-14/h1-2,7-10,14-15,23-24H,3-6,11H2. The molecule has 2 aromatic carbocycles. The second kappa shape index (κ2) is 8.50. The quantitative estimate of drug-likeness (QED) is 0.757. The van der Waals surface area contributed by atoms with Crippen molar-refractivity contribution in [3.05, 3.63) is 48.0 Å². The Morgan fingerprint density at radius 1 is 1.07 bits per heavy atom. The highest BCUT2D eigenvalue weighted by molar-refractivity contribution is 7.89. The van der Waals surface area contributed by atoms with Crippen molar-refractivity contribution in [2.24, 2.45) is 0 Å². The van der Waals surface area contributed by atoms with Gasteiger partial charge >= 0.3 is 0 Å². The van der Waals surface area contributed by atoms with Crippen LogP contribution < -0.4 is 9.46 Å². The van der Waals surface area contributed by atoms with Crippen LogP contribution >= 0.6 is 0 Å². The molecule has 0 aromatic heterocycles. The molecule has 0 unspecified atom stereocenters. The van der Waals surface area contributed by atoms with Gasteiger partial charge in [-0.25, -0.2) is 26.3 Å². The first-order chi connectivity index (χ1) is 13.3. The van der Waals surface area contributed by atoms with Gasteiger partial charge in [0.2, 0.25) is 16.9 Å². The molecule has 0 spiro atoms. The highest BCUT2D eigenvalue weighted by Crippen LogP contribution is 2.32. The number of rotatable bonds is 6. The Hall–Kier alpha value is -2.10. The highest BCUT2D eigenvalue weighted by atomic mass is 32.2. The topological polar surface area (TPSA) is 75.6 Å². The van der Waals surface area contributed by atoms with Crippen molar-refractivity contribution in [2.75, 3.05) is 6.86 Å². The summed E-state index contributed by atoms with van der Waals surface area (Å²) in [4.78, 5) is -0.275. The normalized spacial score (nSPS) is 20.1. The van der Waals surface area contributed by atoms with Crippen LogP contribution in [-0.2, 0) is 10.0 Å². The van der Waals surface area contributed by atoms with E-state index in [0.29, 0.717) is 31.7 Å². The summed E-state index contributed by atoms with van der Waals surface area (Å²) >= 11 is 0. The van der Waals surface area contributed by atoms with Gasteiger partial charge in [0.25, 0.3) is 0 Å². The molecular formula is C19H20F3NO4S. The number of nitrogens with one attached hydrogen (secondary N) is 1. The predicted octanol–water partition coefficient (Wildman–Crippen LogP) is 3.52. The number of benzene rings is 2. The van der Waals surface area contributed by atoms with Crippen LogP contribution in [0.15, 0.2) is 41.3 Å². The van der Waals surface area contributed by atoms with Crippen molar-refractivity contribution in [1.29, 1.82) is 0 Å². The summed E-state index contributed by atoms with van der Waals surface area (Å²) in [7, 11) is -4.02. The van der Waals surface area contributed by atoms with E-state index in [1.165, 1.54) is 24.3 Å². The lowest BCUT2D eigenvalue weighted by atomic mass is 9.94. The molecule has 0 bridgehead atoms. The molecule has 0 atom stereocenters. The molecule has 5 nitrogen and oxygen atoms in total. The summed E-state index contributed by atoms with van der Waals surface area (Å²) in [6.07, 6.45) is 1.51. The van der Waals surface area contributed by atoms with E-state index in [1.54, 1.807) is 0 Å². The molecule has 3 rings (SSSR count). The van der Waals surface area contributed by atoms with Crippen molar-refractivity contribution >= 4 is 10.0 Å². The van der Waals surface area contributed by atoms with Crippen molar-refractivity contribution in [2.45, 2.75) is 42.7 Å². The number of alkyl halides is 1. The SMILES string of the molecule is O=S(=O)(NC1CCC(O)CC1)c1ccc(-c2ccc(F)cc2F)cc1OCF. The molecule has 0 heterocycles. The zero-order valence-corrected chi connectivity index (χ0v) is 15.7. The number of aliphatic hydroxyl groups is 1. The summed E-state index contributed by atoms with van der Waals surface area (Å²) in [6.45, 7) is -1.27. The average molecular weight is 415 g/mol. The van der Waals surface area contributed by atoms with Crippen LogP contribution in [0.25, 0.3) is 11.1 Å². The van der Waals surface area contributed by atoms with Crippen LogP contribution in [0.3, 0.4) is 0 Å². The molecule has 1 saturated carbocycles. The predicted molar refractivity (Wildman–Crippen MR) is 97.0 cm³/mol. The molecule has 0 aliphatic heterocycles. The van der Waals surface area contributed by atoms with E-state index in [2.05, 4.69) is 4.72 Å². The Kier molecular flexibility index (Phi) is 6.26. The number of halogens is 3. The summed E-state index contributed by atoms with van der Waals surface area (Å²) in [6, 6.07) is 6.38. The smallest absolute Gasteiger partial charge is 0.244 e. The maximum Gasteiger partial charge on any atom is 0.244 e. The van der Waals surface area contributed by atoms with Gasteiger partial charge < -0.3 is 9.84 Å². The van der Waals surface area contributed by atoms with Gasteiger partial charge in [-0.15, -0.1) is 0 Å². The molecule has 0 radical (unpaired) electrons. The van der Waals surface area contributed by atoms with E-state index in [1.807, 2.05) is 0 Å². The van der Waals surface area contributed by atoms with Crippen molar-refractivity contribution in [3.8, 4) is 16.9 Å². The lowest BCUT2D eigenvalue weighted by molar-refractivity contribution is 0.120. The maximum atomic E-state index is 14.0. The Bertz CT molecular complexity index is 944. The molecule has 2 N–H and O–H groups in total. The minimum absolute atomic E-state index is 0.0308. The Morgan fingerprint density at radius 2 is 1.79 bits per heavy atom. The largest absolute Gasteiger partial charge is 0.461 e. The number of hydrogen-bond acceptors (Lipinski definition) is 4. The van der Waals surface area contributed by atoms with E-state index in [0.717, 1.165) is 6.07 Å². The van der Waals surface area contributed by atoms with E-state index in [-0.39, 0.29) is 27.8 Å². The minimum atomic E-state index is -4.02. The van der Waals surface area contributed by atoms with Gasteiger partial charge in [0.05, 0.1) is 6.10 Å². The van der Waals surface area contributed by atoms with Crippen LogP contribution in [-0.4, -0.2) is 32.5 Å². The van der Waals surface area contributed by atoms with Crippen LogP contribution in [0, 0.1) is 11.6 Å². The summed E-state index contributed by atoms with van der Waals surface area (Å²) in [5, 5.41) is 9.54. The van der Waals surface area contributed by atoms with E-state index < -0.39 is 34.6 Å². The van der Waals surface area contributed by atoms with E-state index >= 15 is 0 Å². The van der Waals surface area contributed by atoms with Gasteiger partial charge in [-0.1, -0.05) is 6.07 Å². The molecule has 9 heteroatoms. The molecule has 0 saturated heterocycles. The van der Waals surface area contributed by atoms with Gasteiger partial charge in [0.15, 0.2) is 0 Å². The Labute approximate surface area is 161 Å². The lowest BCUT2D eigenvalue weighted by Crippen LogP contribution is -2.38. The van der Waals surface area contributed by atoms with Crippen LogP contribution in [0.5, 0.6) is 5.75 Å². The number of sulfonamides is 1. The third-order valence-electron chi connectivity index (χ3n) is 4.70. The third-order valence-corrected chi connectivity index (χ3v) is 6.26. The van der Waals surface area contributed by atoms with Gasteiger partial charge in [-0.2, -0.15) is 0 Å². The van der Waals surface area contributed by atoms with Gasteiger partial charge in [-0.3, -0.25) is 0 Å². The zero-order valence-electron chi connectivity index (χ0n) is 14.9. The third kappa shape index (κ3) is 4.65. The number of aliphatic hydroxyl groups excluding tert-OH is 1. The fraction of sp³-hybridized carbons (Fsp3) is 0.368. The van der Waals surface area contributed by atoms with Crippen molar-refractivity contribution in [3.63, 3.8) is 0 Å². The van der Waals surface area contributed by atoms with Crippen LogP contribution in [0.4, 0.5) is 13.2 Å². The first-order valence-electron chi connectivity index (χ1n) is 8.79. The van der Waals surface area contributed by atoms with Crippen molar-refractivity contribution < 1.29 is 31.4 Å². The van der Waals surface area contributed by atoms with Gasteiger partial charge in [-0.05, 0) is 55.5 Å². The van der Waals surface area contributed by atoms with Crippen LogP contribution in [0.2, 0.25) is 0 Å². The molecular weight excluding hydrogens is 395 g/mol. The maximum absolute atomic E-state index is 14.0. The van der Waals surface area contributed by atoms with Crippen molar-refractivity contribution in [1.82, 2.24) is 4.72 Å². The fourth-order valence-corrected chi connectivity index (χ4v) is 4.70. The Morgan fingerprint density at radius 3 is 2.43 bits per heavy atom. The summed E-state index contributed by atoms with van der Waals surface area (Å²) < 4.78 is 72.8. The molecule has 1 aliphatic carbocycles. The fourth-order valence-electron chi connectivity index (χ4n) is 3.27. The lowest BCUT2D eigenvalue weighted by Gasteiger charge is -2.26. The van der Waals surface area contributed by atoms with Crippen LogP contribution in [0.1, 0.15) is 25.7 Å². The second-order valence-corrected chi connectivity index (χ2v) is 8.35. The Balaban J connectivity index is 1.92. The van der Waals surface area contributed by atoms with Gasteiger partial charge in [0.1, 0.15) is 22.3 Å². The van der Waals surface area contributed by atoms with Gasteiger partial charge in [0, 0.05) is 17.7 Å². The highest BCUT2D eigenvalue weighted by Gasteiger charge is 2.27. The number of ether oxygens (including phenoxy) is 1. The van der Waals surface area contributed by atoms with E-state index in [4.69, 9.17) is 4.74 Å². The second-order valence-electron chi connectivity index (χ2n) is 6.67. The summed E-state index contributed by atoms with van der Waals surface area (Å²) in [5.41, 5.74) is 0.254. The molecule has 0 amide bonds. The summed E-state index contributed by atoms with van der Waals surface area (Å²) in [5.74, 6) is -1.85. The molecule has 28 heavy (non-hydrogen) atoms. The molecule has 1 aliphatic rings. The molecule has 152 valence electrons.